The number of carbonyl (C=O) groups excluding carboxylic acids is 3. The molecule has 4 aromatic rings. The van der Waals surface area contributed by atoms with Crippen molar-refractivity contribution >= 4 is 51.6 Å². The van der Waals surface area contributed by atoms with Gasteiger partial charge in [0.05, 0.1) is 5.52 Å². The number of anilines is 2. The molecule has 0 saturated carbocycles. The fourth-order valence-electron chi connectivity index (χ4n) is 4.02. The quantitative estimate of drug-likeness (QED) is 0.255. The zero-order chi connectivity index (χ0) is 26.5. The number of fused-ring (bicyclic) bond motifs is 1. The second kappa shape index (κ2) is 11.3. The number of carbonyl (C=O) groups is 3. The van der Waals surface area contributed by atoms with Crippen molar-refractivity contribution in [2.75, 3.05) is 16.1 Å². The van der Waals surface area contributed by atoms with E-state index in [4.69, 9.17) is 11.6 Å². The average Bonchev–Trinajstić information content (AvgIpc) is 3.23. The van der Waals surface area contributed by atoms with Crippen molar-refractivity contribution in [2.45, 2.75) is 40.0 Å². The summed E-state index contributed by atoms with van der Waals surface area (Å²) >= 11 is 6.15. The second-order valence-corrected chi connectivity index (χ2v) is 9.40. The molecule has 37 heavy (non-hydrogen) atoms. The van der Waals surface area contributed by atoms with Gasteiger partial charge in [0.2, 0.25) is 0 Å². The number of hydrogen-bond acceptors (Lipinski definition) is 3. The lowest BCUT2D eigenvalue weighted by Gasteiger charge is -2.14. The Morgan fingerprint density at radius 3 is 2.38 bits per heavy atom. The lowest BCUT2D eigenvalue weighted by molar-refractivity contribution is -0.133. The molecule has 7 nitrogen and oxygen atoms in total. The van der Waals surface area contributed by atoms with Gasteiger partial charge in [-0.2, -0.15) is 0 Å². The molecule has 0 spiro atoms. The third-order valence-electron chi connectivity index (χ3n) is 6.30. The molecular formula is C29H29ClN4O3. The molecule has 0 aliphatic rings. The first-order chi connectivity index (χ1) is 17.8. The average molecular weight is 517 g/mol. The van der Waals surface area contributed by atoms with Gasteiger partial charge in [-0.25, -0.2) is 4.68 Å². The molecule has 1 aromatic heterocycles. The SMILES string of the molecule is CCCCc1ccc(NC(=O)C(=O)Nn2c(C(=O)Nc3cccc(C)c3C)cc3cc(Cl)ccc32)cc1. The maximum atomic E-state index is 13.3. The molecule has 0 radical (unpaired) electrons. The maximum Gasteiger partial charge on any atom is 0.328 e. The topological polar surface area (TPSA) is 92.2 Å². The van der Waals surface area contributed by atoms with Crippen molar-refractivity contribution < 1.29 is 14.4 Å². The molecule has 0 aliphatic heterocycles. The number of amides is 3. The summed E-state index contributed by atoms with van der Waals surface area (Å²) in [5, 5.41) is 6.64. The maximum absolute atomic E-state index is 13.3. The summed E-state index contributed by atoms with van der Waals surface area (Å²) in [6, 6.07) is 19.7. The van der Waals surface area contributed by atoms with Gasteiger partial charge in [-0.3, -0.25) is 19.8 Å². The minimum Gasteiger partial charge on any atom is -0.320 e. The summed E-state index contributed by atoms with van der Waals surface area (Å²) in [7, 11) is 0. The van der Waals surface area contributed by atoms with Crippen LogP contribution in [0.5, 0.6) is 0 Å². The van der Waals surface area contributed by atoms with Gasteiger partial charge >= 0.3 is 11.8 Å². The van der Waals surface area contributed by atoms with Crippen LogP contribution in [-0.4, -0.2) is 22.4 Å². The first kappa shape index (κ1) is 26.0. The monoisotopic (exact) mass is 516 g/mol. The number of hydrogen-bond donors (Lipinski definition) is 3. The Morgan fingerprint density at radius 1 is 0.892 bits per heavy atom. The number of benzene rings is 3. The molecule has 0 atom stereocenters. The van der Waals surface area contributed by atoms with Crippen LogP contribution in [0, 0.1) is 13.8 Å². The number of aromatic nitrogens is 1. The molecule has 1 heterocycles. The summed E-state index contributed by atoms with van der Waals surface area (Å²) < 4.78 is 1.31. The summed E-state index contributed by atoms with van der Waals surface area (Å²) in [4.78, 5) is 38.8. The van der Waals surface area contributed by atoms with E-state index in [1.54, 1.807) is 36.4 Å². The van der Waals surface area contributed by atoms with Crippen LogP contribution in [0.4, 0.5) is 11.4 Å². The summed E-state index contributed by atoms with van der Waals surface area (Å²) in [5.74, 6) is -2.20. The summed E-state index contributed by atoms with van der Waals surface area (Å²) in [5.41, 5.74) is 7.55. The van der Waals surface area contributed by atoms with E-state index >= 15 is 0 Å². The van der Waals surface area contributed by atoms with Crippen molar-refractivity contribution in [3.05, 3.63) is 94.1 Å². The van der Waals surface area contributed by atoms with E-state index in [0.717, 1.165) is 30.4 Å². The van der Waals surface area contributed by atoms with Gasteiger partial charge in [-0.05, 0) is 85.8 Å². The number of nitrogens with one attached hydrogen (secondary N) is 3. The van der Waals surface area contributed by atoms with E-state index in [2.05, 4.69) is 23.0 Å². The van der Waals surface area contributed by atoms with E-state index in [9.17, 15) is 14.4 Å². The Balaban J connectivity index is 1.56. The molecule has 0 bridgehead atoms. The minimum absolute atomic E-state index is 0.152. The van der Waals surface area contributed by atoms with Gasteiger partial charge in [0.1, 0.15) is 5.69 Å². The van der Waals surface area contributed by atoms with E-state index in [1.165, 1.54) is 10.2 Å². The van der Waals surface area contributed by atoms with Crippen LogP contribution in [0.3, 0.4) is 0 Å². The van der Waals surface area contributed by atoms with Gasteiger partial charge in [-0.1, -0.05) is 49.2 Å². The second-order valence-electron chi connectivity index (χ2n) is 8.97. The smallest absolute Gasteiger partial charge is 0.320 e. The highest BCUT2D eigenvalue weighted by Crippen LogP contribution is 2.25. The zero-order valence-corrected chi connectivity index (χ0v) is 21.8. The molecule has 3 aromatic carbocycles. The third kappa shape index (κ3) is 6.01. The molecule has 0 aliphatic carbocycles. The van der Waals surface area contributed by atoms with Crippen LogP contribution in [0.1, 0.15) is 46.9 Å². The lowest BCUT2D eigenvalue weighted by atomic mass is 10.1. The molecule has 3 amide bonds. The fraction of sp³-hybridized carbons (Fsp3) is 0.207. The predicted molar refractivity (Wildman–Crippen MR) is 149 cm³/mol. The molecule has 3 N–H and O–H groups in total. The van der Waals surface area contributed by atoms with Crippen molar-refractivity contribution in [3.63, 3.8) is 0 Å². The minimum atomic E-state index is -0.914. The number of unbranched alkanes of at least 4 members (excludes halogenated alkanes) is 1. The Kier molecular flexibility index (Phi) is 7.94. The van der Waals surface area contributed by atoms with Crippen molar-refractivity contribution in [3.8, 4) is 0 Å². The van der Waals surface area contributed by atoms with Gasteiger partial charge in [-0.15, -0.1) is 0 Å². The van der Waals surface area contributed by atoms with Crippen molar-refractivity contribution in [1.29, 1.82) is 0 Å². The third-order valence-corrected chi connectivity index (χ3v) is 6.53. The van der Waals surface area contributed by atoms with Crippen LogP contribution in [0.15, 0.2) is 66.7 Å². The molecule has 0 unspecified atom stereocenters. The molecule has 0 saturated heterocycles. The Labute approximate surface area is 220 Å². The highest BCUT2D eigenvalue weighted by atomic mass is 35.5. The van der Waals surface area contributed by atoms with Crippen LogP contribution in [0.2, 0.25) is 5.02 Å². The first-order valence-corrected chi connectivity index (χ1v) is 12.5. The van der Waals surface area contributed by atoms with E-state index < -0.39 is 17.7 Å². The van der Waals surface area contributed by atoms with E-state index in [-0.39, 0.29) is 5.69 Å². The Morgan fingerprint density at radius 2 is 1.65 bits per heavy atom. The van der Waals surface area contributed by atoms with Gasteiger partial charge in [0, 0.05) is 21.8 Å². The van der Waals surface area contributed by atoms with E-state index in [1.807, 2.05) is 44.2 Å². The Hall–Kier alpha value is -4.10. The highest BCUT2D eigenvalue weighted by molar-refractivity contribution is 6.42. The van der Waals surface area contributed by atoms with E-state index in [0.29, 0.717) is 27.3 Å². The summed E-state index contributed by atoms with van der Waals surface area (Å²) in [6.07, 6.45) is 3.15. The van der Waals surface area contributed by atoms with Gasteiger partial charge < -0.3 is 10.6 Å². The highest BCUT2D eigenvalue weighted by Gasteiger charge is 2.21. The Bertz CT molecular complexity index is 1470. The largest absolute Gasteiger partial charge is 0.328 e. The first-order valence-electron chi connectivity index (χ1n) is 12.2. The summed E-state index contributed by atoms with van der Waals surface area (Å²) in [6.45, 7) is 6.01. The molecule has 190 valence electrons. The molecule has 4 rings (SSSR count). The number of aryl methyl sites for hydroxylation is 2. The number of halogens is 1. The fourth-order valence-corrected chi connectivity index (χ4v) is 4.20. The molecule has 8 heteroatoms. The van der Waals surface area contributed by atoms with Crippen LogP contribution in [-0.2, 0) is 16.0 Å². The van der Waals surface area contributed by atoms with Gasteiger partial charge in [0.15, 0.2) is 0 Å². The predicted octanol–water partition coefficient (Wildman–Crippen LogP) is 6.22. The van der Waals surface area contributed by atoms with Crippen LogP contribution in [0.25, 0.3) is 10.9 Å². The normalized spacial score (nSPS) is 10.8. The lowest BCUT2D eigenvalue weighted by Crippen LogP contribution is -2.36. The van der Waals surface area contributed by atoms with Crippen molar-refractivity contribution in [2.24, 2.45) is 0 Å². The molecule has 0 fully saturated rings. The molecular weight excluding hydrogens is 488 g/mol. The number of rotatable bonds is 7. The number of nitrogens with zero attached hydrogens (tertiary/aromatic N) is 1. The van der Waals surface area contributed by atoms with Crippen molar-refractivity contribution in [1.82, 2.24) is 4.68 Å². The van der Waals surface area contributed by atoms with Crippen LogP contribution >= 0.6 is 11.6 Å². The van der Waals surface area contributed by atoms with Crippen LogP contribution < -0.4 is 16.1 Å². The zero-order valence-electron chi connectivity index (χ0n) is 21.0. The standard InChI is InChI=1S/C29H29ClN4O3/c1-4-5-8-20-10-13-23(14-11-20)31-28(36)29(37)33-34-25-15-12-22(30)16-21(25)17-26(34)27(35)32-24-9-6-7-18(2)19(24)3/h6-7,9-17H,4-5,8H2,1-3H3,(H,31,36)(H,32,35)(H,33,37). The van der Waals surface area contributed by atoms with Gasteiger partial charge in [0.25, 0.3) is 5.91 Å².